The Morgan fingerprint density at radius 3 is 2.72 bits per heavy atom. The molecule has 0 saturated heterocycles. The van der Waals surface area contributed by atoms with Crippen molar-refractivity contribution < 1.29 is 18.3 Å². The highest BCUT2D eigenvalue weighted by molar-refractivity contribution is 5.78. The van der Waals surface area contributed by atoms with Gasteiger partial charge >= 0.3 is 6.18 Å². The molecule has 1 atom stereocenters. The fourth-order valence-electron chi connectivity index (χ4n) is 1.36. The van der Waals surface area contributed by atoms with Crippen LogP contribution in [0.1, 0.15) is 0 Å². The minimum atomic E-state index is -4.65. The third-order valence-electron chi connectivity index (χ3n) is 2.32. The Labute approximate surface area is 100 Å². The molecule has 0 bridgehead atoms. The van der Waals surface area contributed by atoms with Gasteiger partial charge in [0.1, 0.15) is 0 Å². The molecular formula is C11H10F3N3O. The van der Waals surface area contributed by atoms with Gasteiger partial charge in [-0.15, -0.1) is 0 Å². The highest BCUT2D eigenvalue weighted by atomic mass is 19.4. The van der Waals surface area contributed by atoms with Crippen LogP contribution in [0.2, 0.25) is 0 Å². The van der Waals surface area contributed by atoms with Gasteiger partial charge < -0.3 is 10.4 Å². The third-order valence-corrected chi connectivity index (χ3v) is 2.32. The molecule has 0 aliphatic carbocycles. The number of halogens is 3. The molecule has 0 saturated carbocycles. The largest absolute Gasteiger partial charge is 0.416 e. The molecule has 1 aromatic heterocycles. The van der Waals surface area contributed by atoms with E-state index in [0.717, 1.165) is 5.39 Å². The smallest absolute Gasteiger partial charge is 0.382 e. The lowest BCUT2D eigenvalue weighted by atomic mass is 10.2. The molecule has 0 fully saturated rings. The second-order valence-corrected chi connectivity index (χ2v) is 3.69. The number of hydrogen-bond acceptors (Lipinski definition) is 4. The van der Waals surface area contributed by atoms with Gasteiger partial charge in [0.15, 0.2) is 6.10 Å². The van der Waals surface area contributed by atoms with Crippen LogP contribution >= 0.6 is 0 Å². The van der Waals surface area contributed by atoms with E-state index < -0.39 is 18.8 Å². The molecule has 0 spiro atoms. The summed E-state index contributed by atoms with van der Waals surface area (Å²) in [4.78, 5) is 7.89. The zero-order chi connectivity index (χ0) is 13.2. The lowest BCUT2D eigenvalue weighted by Gasteiger charge is -2.14. The van der Waals surface area contributed by atoms with E-state index >= 15 is 0 Å². The number of nitrogens with zero attached hydrogens (tertiary/aromatic N) is 2. The number of para-hydroxylation sites is 1. The number of hydrogen-bond donors (Lipinski definition) is 2. The van der Waals surface area contributed by atoms with E-state index in [4.69, 9.17) is 5.11 Å². The second-order valence-electron chi connectivity index (χ2n) is 3.69. The fourth-order valence-corrected chi connectivity index (χ4v) is 1.36. The molecular weight excluding hydrogens is 247 g/mol. The monoisotopic (exact) mass is 257 g/mol. The number of aromatic nitrogens is 2. The van der Waals surface area contributed by atoms with Crippen molar-refractivity contribution in [3.8, 4) is 0 Å². The maximum atomic E-state index is 12.1. The number of benzene rings is 1. The summed E-state index contributed by atoms with van der Waals surface area (Å²) in [6.07, 6.45) is -5.58. The van der Waals surface area contributed by atoms with E-state index in [9.17, 15) is 13.2 Å². The zero-order valence-corrected chi connectivity index (χ0v) is 9.15. The highest BCUT2D eigenvalue weighted by Crippen LogP contribution is 2.20. The van der Waals surface area contributed by atoms with Gasteiger partial charge in [-0.1, -0.05) is 18.2 Å². The summed E-state index contributed by atoms with van der Waals surface area (Å²) in [5.74, 6) is 0.0528. The van der Waals surface area contributed by atoms with Gasteiger partial charge in [0.2, 0.25) is 5.95 Å². The molecule has 1 aromatic carbocycles. The molecule has 0 aliphatic rings. The highest BCUT2D eigenvalue weighted by Gasteiger charge is 2.37. The first-order valence-electron chi connectivity index (χ1n) is 5.17. The topological polar surface area (TPSA) is 58.0 Å². The van der Waals surface area contributed by atoms with Gasteiger partial charge in [-0.25, -0.2) is 9.97 Å². The summed E-state index contributed by atoms with van der Waals surface area (Å²) in [7, 11) is 0. The van der Waals surface area contributed by atoms with Crippen molar-refractivity contribution in [2.45, 2.75) is 12.3 Å². The number of alkyl halides is 3. The van der Waals surface area contributed by atoms with Crippen molar-refractivity contribution in [2.24, 2.45) is 0 Å². The molecule has 1 heterocycles. The SMILES string of the molecule is OC(CNc1ncc2ccccc2n1)C(F)(F)F. The number of fused-ring (bicyclic) bond motifs is 1. The van der Waals surface area contributed by atoms with Crippen LogP contribution in [0.15, 0.2) is 30.5 Å². The molecule has 96 valence electrons. The lowest BCUT2D eigenvalue weighted by molar-refractivity contribution is -0.198. The van der Waals surface area contributed by atoms with Gasteiger partial charge in [0.25, 0.3) is 0 Å². The summed E-state index contributed by atoms with van der Waals surface area (Å²) in [5.41, 5.74) is 0.622. The normalized spacial score (nSPS) is 13.6. The molecule has 0 aliphatic heterocycles. The van der Waals surface area contributed by atoms with Crippen LogP contribution in [0.3, 0.4) is 0 Å². The summed E-state index contributed by atoms with van der Waals surface area (Å²) in [5, 5.41) is 12.0. The van der Waals surface area contributed by atoms with Crippen LogP contribution in [0.25, 0.3) is 10.9 Å². The van der Waals surface area contributed by atoms with Gasteiger partial charge in [0.05, 0.1) is 12.1 Å². The molecule has 0 radical (unpaired) electrons. The Bertz CT molecular complexity index is 544. The lowest BCUT2D eigenvalue weighted by Crippen LogP contribution is -2.35. The Kier molecular flexibility index (Phi) is 3.33. The van der Waals surface area contributed by atoms with Gasteiger partial charge in [0, 0.05) is 11.6 Å². The van der Waals surface area contributed by atoms with E-state index in [2.05, 4.69) is 15.3 Å². The third kappa shape index (κ3) is 2.86. The minimum absolute atomic E-state index is 0.0528. The van der Waals surface area contributed by atoms with E-state index in [1.807, 2.05) is 6.07 Å². The number of anilines is 1. The van der Waals surface area contributed by atoms with Crippen LogP contribution in [-0.4, -0.2) is 33.9 Å². The Balaban J connectivity index is 2.08. The van der Waals surface area contributed by atoms with E-state index in [0.29, 0.717) is 5.52 Å². The van der Waals surface area contributed by atoms with Crippen molar-refractivity contribution >= 4 is 16.9 Å². The average molecular weight is 257 g/mol. The summed E-state index contributed by atoms with van der Waals surface area (Å²) in [6, 6.07) is 7.10. The van der Waals surface area contributed by atoms with Crippen LogP contribution in [0, 0.1) is 0 Å². The van der Waals surface area contributed by atoms with Gasteiger partial charge in [-0.05, 0) is 6.07 Å². The molecule has 4 nitrogen and oxygen atoms in total. The molecule has 1 unspecified atom stereocenters. The summed E-state index contributed by atoms with van der Waals surface area (Å²) in [6.45, 7) is -0.679. The van der Waals surface area contributed by atoms with Crippen molar-refractivity contribution in [2.75, 3.05) is 11.9 Å². The first-order valence-corrected chi connectivity index (χ1v) is 5.17. The Morgan fingerprint density at radius 2 is 2.00 bits per heavy atom. The molecule has 7 heteroatoms. The van der Waals surface area contributed by atoms with Crippen LogP contribution in [0.5, 0.6) is 0 Å². The van der Waals surface area contributed by atoms with Crippen molar-refractivity contribution in [1.29, 1.82) is 0 Å². The second kappa shape index (κ2) is 4.77. The maximum Gasteiger partial charge on any atom is 0.416 e. The number of aliphatic hydroxyl groups excluding tert-OH is 1. The predicted molar refractivity (Wildman–Crippen MR) is 60.1 cm³/mol. The molecule has 2 rings (SSSR count). The van der Waals surface area contributed by atoms with Crippen LogP contribution in [-0.2, 0) is 0 Å². The molecule has 2 aromatic rings. The van der Waals surface area contributed by atoms with Crippen LogP contribution in [0.4, 0.5) is 19.1 Å². The predicted octanol–water partition coefficient (Wildman–Crippen LogP) is 1.96. The Hall–Kier alpha value is -1.89. The van der Waals surface area contributed by atoms with E-state index in [1.54, 1.807) is 18.2 Å². The molecule has 0 amide bonds. The quantitative estimate of drug-likeness (QED) is 0.882. The van der Waals surface area contributed by atoms with Gasteiger partial charge in [-0.2, -0.15) is 13.2 Å². The summed E-state index contributed by atoms with van der Waals surface area (Å²) >= 11 is 0. The average Bonchev–Trinajstić information content (AvgIpc) is 2.34. The van der Waals surface area contributed by atoms with E-state index in [1.165, 1.54) is 6.20 Å². The molecule has 18 heavy (non-hydrogen) atoms. The van der Waals surface area contributed by atoms with Crippen molar-refractivity contribution in [3.05, 3.63) is 30.5 Å². The number of rotatable bonds is 3. The van der Waals surface area contributed by atoms with E-state index in [-0.39, 0.29) is 5.95 Å². The first-order chi connectivity index (χ1) is 8.47. The minimum Gasteiger partial charge on any atom is -0.382 e. The standard InChI is InChI=1S/C11H10F3N3O/c12-11(13,14)9(18)6-16-10-15-5-7-3-1-2-4-8(7)17-10/h1-5,9,18H,6H2,(H,15,16,17). The fraction of sp³-hybridized carbons (Fsp3) is 0.273. The van der Waals surface area contributed by atoms with Crippen molar-refractivity contribution in [1.82, 2.24) is 9.97 Å². The van der Waals surface area contributed by atoms with Crippen LogP contribution < -0.4 is 5.32 Å². The molecule has 2 N–H and O–H groups in total. The maximum absolute atomic E-state index is 12.1. The van der Waals surface area contributed by atoms with Gasteiger partial charge in [-0.3, -0.25) is 0 Å². The zero-order valence-electron chi connectivity index (χ0n) is 9.15. The Morgan fingerprint density at radius 1 is 1.28 bits per heavy atom. The summed E-state index contributed by atoms with van der Waals surface area (Å²) < 4.78 is 36.2. The first kappa shape index (κ1) is 12.6. The number of nitrogens with one attached hydrogen (secondary N) is 1. The van der Waals surface area contributed by atoms with Crippen molar-refractivity contribution in [3.63, 3.8) is 0 Å². The number of aliphatic hydroxyl groups is 1.